The number of amides is 1. The maximum atomic E-state index is 12.7. The van der Waals surface area contributed by atoms with Crippen molar-refractivity contribution >= 4 is 11.7 Å². The first kappa shape index (κ1) is 28.8. The Morgan fingerprint density at radius 2 is 1.59 bits per heavy atom. The molecule has 2 N–H and O–H groups in total. The van der Waals surface area contributed by atoms with Gasteiger partial charge in [0.1, 0.15) is 11.6 Å². The van der Waals surface area contributed by atoms with Gasteiger partial charge >= 0.3 is 0 Å². The fraction of sp³-hybridized carbons (Fsp3) is 0.844. The van der Waals surface area contributed by atoms with E-state index in [9.17, 15) is 9.90 Å². The van der Waals surface area contributed by atoms with E-state index in [1.165, 1.54) is 57.2 Å². The number of nitrogens with one attached hydrogen (secondary N) is 1. The molecule has 3 aliphatic carbocycles. The summed E-state index contributed by atoms with van der Waals surface area (Å²) in [5.41, 5.74) is 1.24. The van der Waals surface area contributed by atoms with Gasteiger partial charge in [-0.25, -0.2) is 9.97 Å². The van der Waals surface area contributed by atoms with Gasteiger partial charge in [0.2, 0.25) is 5.91 Å². The molecule has 3 saturated carbocycles. The van der Waals surface area contributed by atoms with E-state index in [0.29, 0.717) is 12.0 Å². The Morgan fingerprint density at radius 1 is 0.923 bits per heavy atom. The van der Waals surface area contributed by atoms with Crippen molar-refractivity contribution in [2.45, 2.75) is 128 Å². The predicted octanol–water partition coefficient (Wildman–Crippen LogP) is 5.17. The SMILES string of the molecule is CC(C)(C)c1nc(C2CCCC2)cc(N2CCN(CC[C@H]3CC[C@@H](NC(=O)[C@H]4CC[C@@H](O)CC4)CC3)CC2)n1. The van der Waals surface area contributed by atoms with Crippen molar-refractivity contribution in [2.75, 3.05) is 37.6 Å². The van der Waals surface area contributed by atoms with E-state index in [0.717, 1.165) is 82.3 Å². The highest BCUT2D eigenvalue weighted by atomic mass is 16.3. The minimum atomic E-state index is -0.199. The molecule has 218 valence electrons. The molecule has 0 radical (unpaired) electrons. The molecular weight excluding hydrogens is 486 g/mol. The fourth-order valence-electron chi connectivity index (χ4n) is 7.20. The lowest BCUT2D eigenvalue weighted by Gasteiger charge is -2.37. The minimum Gasteiger partial charge on any atom is -0.393 e. The molecule has 1 aromatic rings. The summed E-state index contributed by atoms with van der Waals surface area (Å²) in [7, 11) is 0. The van der Waals surface area contributed by atoms with Crippen LogP contribution >= 0.6 is 0 Å². The summed E-state index contributed by atoms with van der Waals surface area (Å²) in [5.74, 6) is 3.87. The standard InChI is InChI=1S/C32H53N5O2/c1-32(2,3)31-34-28(24-6-4-5-7-24)22-29(35-31)37-20-18-36(19-21-37)17-16-23-8-12-26(13-9-23)33-30(39)25-10-14-27(38)15-11-25/h22-27,38H,4-21H2,1-3H3,(H,33,39)/t23-,25-,26+,27+. The molecule has 0 spiro atoms. The molecule has 39 heavy (non-hydrogen) atoms. The second-order valence-electron chi connectivity index (χ2n) is 14.1. The Morgan fingerprint density at radius 3 is 2.23 bits per heavy atom. The minimum absolute atomic E-state index is 0.0353. The van der Waals surface area contributed by atoms with Crippen molar-refractivity contribution in [3.05, 3.63) is 17.6 Å². The number of aromatic nitrogens is 2. The maximum Gasteiger partial charge on any atom is 0.223 e. The molecule has 1 saturated heterocycles. The summed E-state index contributed by atoms with van der Waals surface area (Å²) in [6.45, 7) is 12.2. The van der Waals surface area contributed by atoms with E-state index in [4.69, 9.17) is 9.97 Å². The van der Waals surface area contributed by atoms with Crippen LogP contribution in [0.2, 0.25) is 0 Å². The van der Waals surface area contributed by atoms with Gasteiger partial charge in [0.25, 0.3) is 0 Å². The Hall–Kier alpha value is -1.73. The van der Waals surface area contributed by atoms with Crippen molar-refractivity contribution in [2.24, 2.45) is 11.8 Å². The van der Waals surface area contributed by atoms with Crippen molar-refractivity contribution in [3.63, 3.8) is 0 Å². The van der Waals surface area contributed by atoms with Gasteiger partial charge in [0, 0.05) is 61.2 Å². The van der Waals surface area contributed by atoms with Crippen LogP contribution in [0.1, 0.15) is 122 Å². The zero-order chi connectivity index (χ0) is 27.4. The van der Waals surface area contributed by atoms with E-state index >= 15 is 0 Å². The second kappa shape index (κ2) is 12.8. The van der Waals surface area contributed by atoms with E-state index < -0.39 is 0 Å². The number of nitrogens with zero attached hydrogens (tertiary/aromatic N) is 4. The zero-order valence-electron chi connectivity index (χ0n) is 24.8. The number of aliphatic hydroxyl groups excluding tert-OH is 1. The highest BCUT2D eigenvalue weighted by Gasteiger charge is 2.30. The van der Waals surface area contributed by atoms with Crippen LogP contribution in [0.15, 0.2) is 6.07 Å². The third-order valence-electron chi connectivity index (χ3n) is 9.99. The second-order valence-corrected chi connectivity index (χ2v) is 14.1. The highest BCUT2D eigenvalue weighted by molar-refractivity contribution is 5.79. The molecule has 7 heteroatoms. The van der Waals surface area contributed by atoms with Crippen molar-refractivity contribution < 1.29 is 9.90 Å². The Labute approximate surface area is 236 Å². The first-order valence-corrected chi connectivity index (χ1v) is 16.1. The maximum absolute atomic E-state index is 12.7. The van der Waals surface area contributed by atoms with Gasteiger partial charge in [0.05, 0.1) is 6.10 Å². The third kappa shape index (κ3) is 7.72. The van der Waals surface area contributed by atoms with Crippen LogP contribution in [0.25, 0.3) is 0 Å². The summed E-state index contributed by atoms with van der Waals surface area (Å²) in [5, 5.41) is 13.0. The van der Waals surface area contributed by atoms with Crippen LogP contribution in [0.3, 0.4) is 0 Å². The lowest BCUT2D eigenvalue weighted by molar-refractivity contribution is -0.127. The molecule has 4 aliphatic rings. The van der Waals surface area contributed by atoms with Gasteiger partial charge in [-0.05, 0) is 83.1 Å². The number of aliphatic hydroxyl groups is 1. The van der Waals surface area contributed by atoms with Gasteiger partial charge in [0.15, 0.2) is 0 Å². The topological polar surface area (TPSA) is 81.6 Å². The summed E-state index contributed by atoms with van der Waals surface area (Å²) < 4.78 is 0. The molecule has 1 aliphatic heterocycles. The summed E-state index contributed by atoms with van der Waals surface area (Å²) >= 11 is 0. The number of piperazine rings is 1. The third-order valence-corrected chi connectivity index (χ3v) is 9.99. The highest BCUT2D eigenvalue weighted by Crippen LogP contribution is 2.36. The molecule has 7 nitrogen and oxygen atoms in total. The number of carbonyl (C=O) groups is 1. The Kier molecular flexibility index (Phi) is 9.48. The van der Waals surface area contributed by atoms with Crippen molar-refractivity contribution in [3.8, 4) is 0 Å². The van der Waals surface area contributed by atoms with Crippen LogP contribution in [0, 0.1) is 11.8 Å². The molecule has 4 fully saturated rings. The largest absolute Gasteiger partial charge is 0.393 e. The molecule has 1 amide bonds. The number of hydrogen-bond acceptors (Lipinski definition) is 6. The quantitative estimate of drug-likeness (QED) is 0.498. The lowest BCUT2D eigenvalue weighted by Crippen LogP contribution is -2.47. The first-order chi connectivity index (χ1) is 18.7. The molecular formula is C32H53N5O2. The molecule has 2 heterocycles. The summed E-state index contributed by atoms with van der Waals surface area (Å²) in [4.78, 5) is 27.9. The lowest BCUT2D eigenvalue weighted by atomic mass is 9.83. The normalized spacial score (nSPS) is 29.5. The summed E-state index contributed by atoms with van der Waals surface area (Å²) in [6.07, 6.45) is 14.2. The van der Waals surface area contributed by atoms with Crippen molar-refractivity contribution in [1.82, 2.24) is 20.2 Å². The van der Waals surface area contributed by atoms with Gasteiger partial charge in [-0.2, -0.15) is 0 Å². The fourth-order valence-corrected chi connectivity index (χ4v) is 7.20. The smallest absolute Gasteiger partial charge is 0.223 e. The number of carbonyl (C=O) groups excluding carboxylic acids is 1. The van der Waals surface area contributed by atoms with E-state index in [1.807, 2.05) is 0 Å². The Bertz CT molecular complexity index is 932. The molecule has 0 atom stereocenters. The van der Waals surface area contributed by atoms with Gasteiger partial charge in [-0.3, -0.25) is 9.69 Å². The molecule has 0 unspecified atom stereocenters. The van der Waals surface area contributed by atoms with Crippen molar-refractivity contribution in [1.29, 1.82) is 0 Å². The average Bonchev–Trinajstić information content (AvgIpc) is 3.48. The zero-order valence-corrected chi connectivity index (χ0v) is 24.8. The van der Waals surface area contributed by atoms with Gasteiger partial charge in [-0.15, -0.1) is 0 Å². The van der Waals surface area contributed by atoms with E-state index in [-0.39, 0.29) is 23.3 Å². The first-order valence-electron chi connectivity index (χ1n) is 16.1. The van der Waals surface area contributed by atoms with E-state index in [2.05, 4.69) is 42.0 Å². The number of rotatable bonds is 7. The number of hydrogen-bond donors (Lipinski definition) is 2. The number of anilines is 1. The van der Waals surface area contributed by atoms with Crippen LogP contribution in [-0.4, -0.2) is 70.8 Å². The average molecular weight is 540 g/mol. The molecule has 0 bridgehead atoms. The van der Waals surface area contributed by atoms with Crippen LogP contribution in [0.5, 0.6) is 0 Å². The summed E-state index contributed by atoms with van der Waals surface area (Å²) in [6, 6.07) is 2.65. The predicted molar refractivity (Wildman–Crippen MR) is 157 cm³/mol. The van der Waals surface area contributed by atoms with Gasteiger partial charge < -0.3 is 15.3 Å². The molecule has 1 aromatic heterocycles. The Balaban J connectivity index is 1.05. The van der Waals surface area contributed by atoms with Crippen LogP contribution in [-0.2, 0) is 10.2 Å². The van der Waals surface area contributed by atoms with Crippen LogP contribution < -0.4 is 10.2 Å². The monoisotopic (exact) mass is 539 g/mol. The molecule has 5 rings (SSSR count). The van der Waals surface area contributed by atoms with Gasteiger partial charge in [-0.1, -0.05) is 33.6 Å². The van der Waals surface area contributed by atoms with E-state index in [1.54, 1.807) is 0 Å². The van der Waals surface area contributed by atoms with Crippen LogP contribution in [0.4, 0.5) is 5.82 Å². The molecule has 0 aromatic carbocycles.